The first-order valence-corrected chi connectivity index (χ1v) is 8.93. The van der Waals surface area contributed by atoms with Crippen molar-refractivity contribution in [2.24, 2.45) is 5.16 Å². The predicted octanol–water partition coefficient (Wildman–Crippen LogP) is 3.90. The molecule has 0 amide bonds. The molecule has 0 fully saturated rings. The highest BCUT2D eigenvalue weighted by atomic mass is 16.6. The van der Waals surface area contributed by atoms with Gasteiger partial charge in [-0.25, -0.2) is 9.78 Å². The molecule has 150 valence electrons. The van der Waals surface area contributed by atoms with Crippen LogP contribution in [0.1, 0.15) is 27.2 Å². The first-order valence-electron chi connectivity index (χ1n) is 8.93. The smallest absolute Gasteiger partial charge is 0.340 e. The standard InChI is InChI=1S/C22H22N2O5/c1-14-16-7-5-6-8-17(16)24-18(21(14)22(25)28-4)13-29-23-12-15-9-10-19(26-2)20(11-15)27-3/h5-12H,13H2,1-4H3/b23-12-. The lowest BCUT2D eigenvalue weighted by atomic mass is 10.0. The van der Waals surface area contributed by atoms with Crippen LogP contribution in [0.3, 0.4) is 0 Å². The van der Waals surface area contributed by atoms with Gasteiger partial charge in [0.05, 0.1) is 44.3 Å². The maximum Gasteiger partial charge on any atom is 0.340 e. The number of carbonyl (C=O) groups is 1. The Balaban J connectivity index is 1.83. The fraction of sp³-hybridized carbons (Fsp3) is 0.227. The van der Waals surface area contributed by atoms with Crippen molar-refractivity contribution >= 4 is 23.1 Å². The van der Waals surface area contributed by atoms with Crippen LogP contribution in [0.5, 0.6) is 11.5 Å². The minimum Gasteiger partial charge on any atom is -0.493 e. The molecule has 0 unspecified atom stereocenters. The van der Waals surface area contributed by atoms with Gasteiger partial charge < -0.3 is 19.0 Å². The molecule has 0 N–H and O–H groups in total. The lowest BCUT2D eigenvalue weighted by Gasteiger charge is -2.12. The van der Waals surface area contributed by atoms with E-state index in [1.54, 1.807) is 32.6 Å². The SMILES string of the molecule is COC(=O)c1c(CO/N=C\c2ccc(OC)c(OC)c2)nc2ccccc2c1C. The first kappa shape index (κ1) is 20.1. The molecule has 3 rings (SSSR count). The number of aryl methyl sites for hydroxylation is 1. The molecule has 29 heavy (non-hydrogen) atoms. The fourth-order valence-electron chi connectivity index (χ4n) is 3.05. The minimum atomic E-state index is -0.455. The second-order valence-electron chi connectivity index (χ2n) is 6.19. The summed E-state index contributed by atoms with van der Waals surface area (Å²) < 4.78 is 15.4. The topological polar surface area (TPSA) is 79.2 Å². The van der Waals surface area contributed by atoms with Gasteiger partial charge in [-0.2, -0.15) is 0 Å². The van der Waals surface area contributed by atoms with Crippen LogP contribution >= 0.6 is 0 Å². The van der Waals surface area contributed by atoms with Crippen LogP contribution in [-0.4, -0.2) is 38.5 Å². The third-order valence-electron chi connectivity index (χ3n) is 4.50. The Morgan fingerprint density at radius 3 is 2.55 bits per heavy atom. The van der Waals surface area contributed by atoms with Crippen LogP contribution < -0.4 is 9.47 Å². The lowest BCUT2D eigenvalue weighted by molar-refractivity contribution is 0.0591. The number of rotatable bonds is 7. The summed E-state index contributed by atoms with van der Waals surface area (Å²) in [5.41, 5.74) is 3.22. The number of nitrogens with zero attached hydrogens (tertiary/aromatic N) is 2. The van der Waals surface area contributed by atoms with E-state index in [2.05, 4.69) is 10.1 Å². The number of hydrogen-bond acceptors (Lipinski definition) is 7. The van der Waals surface area contributed by atoms with E-state index in [9.17, 15) is 4.79 Å². The predicted molar refractivity (Wildman–Crippen MR) is 110 cm³/mol. The van der Waals surface area contributed by atoms with Crippen molar-refractivity contribution in [2.45, 2.75) is 13.5 Å². The van der Waals surface area contributed by atoms with Gasteiger partial charge in [-0.1, -0.05) is 23.4 Å². The second-order valence-corrected chi connectivity index (χ2v) is 6.19. The quantitative estimate of drug-likeness (QED) is 0.344. The second kappa shape index (κ2) is 9.05. The summed E-state index contributed by atoms with van der Waals surface area (Å²) in [5, 5.41) is 4.88. The number of ether oxygens (including phenoxy) is 3. The molecule has 0 atom stereocenters. The van der Waals surface area contributed by atoms with Crippen molar-refractivity contribution in [1.29, 1.82) is 0 Å². The van der Waals surface area contributed by atoms with Crippen LogP contribution in [0.2, 0.25) is 0 Å². The summed E-state index contributed by atoms with van der Waals surface area (Å²) in [7, 11) is 4.49. The third-order valence-corrected chi connectivity index (χ3v) is 4.50. The molecule has 3 aromatic rings. The highest BCUT2D eigenvalue weighted by Gasteiger charge is 2.19. The first-order chi connectivity index (χ1) is 14.1. The van der Waals surface area contributed by atoms with Gasteiger partial charge in [-0.15, -0.1) is 0 Å². The molecule has 0 aliphatic heterocycles. The molecule has 0 saturated heterocycles. The molecule has 2 aromatic carbocycles. The molecule has 1 aromatic heterocycles. The van der Waals surface area contributed by atoms with Gasteiger partial charge in [-0.05, 0) is 36.8 Å². The van der Waals surface area contributed by atoms with Crippen molar-refractivity contribution in [3.63, 3.8) is 0 Å². The number of aromatic nitrogens is 1. The summed E-state index contributed by atoms with van der Waals surface area (Å²) >= 11 is 0. The Labute approximate surface area is 168 Å². The molecular weight excluding hydrogens is 372 g/mol. The van der Waals surface area contributed by atoms with Gasteiger partial charge in [0.2, 0.25) is 0 Å². The number of oxime groups is 1. The van der Waals surface area contributed by atoms with Crippen molar-refractivity contribution in [1.82, 2.24) is 4.98 Å². The highest BCUT2D eigenvalue weighted by Crippen LogP contribution is 2.27. The Hall–Kier alpha value is -3.61. The van der Waals surface area contributed by atoms with E-state index < -0.39 is 5.97 Å². The average molecular weight is 394 g/mol. The molecule has 0 aliphatic rings. The summed E-state index contributed by atoms with van der Waals surface area (Å²) in [6.45, 7) is 1.90. The maximum absolute atomic E-state index is 12.3. The molecule has 7 heteroatoms. The minimum absolute atomic E-state index is 0.0277. The van der Waals surface area contributed by atoms with Crippen molar-refractivity contribution < 1.29 is 23.8 Å². The van der Waals surface area contributed by atoms with Gasteiger partial charge in [0.25, 0.3) is 0 Å². The van der Waals surface area contributed by atoms with Gasteiger partial charge in [0, 0.05) is 10.9 Å². The molecular formula is C22H22N2O5. The third kappa shape index (κ3) is 4.29. The van der Waals surface area contributed by atoms with E-state index in [0.29, 0.717) is 22.8 Å². The monoisotopic (exact) mass is 394 g/mol. The van der Waals surface area contributed by atoms with Crippen LogP contribution in [0.15, 0.2) is 47.6 Å². The van der Waals surface area contributed by atoms with Gasteiger partial charge in [0.15, 0.2) is 18.1 Å². The van der Waals surface area contributed by atoms with E-state index in [1.165, 1.54) is 7.11 Å². The zero-order valence-electron chi connectivity index (χ0n) is 16.8. The summed E-state index contributed by atoms with van der Waals surface area (Å²) in [6, 6.07) is 13.0. The van der Waals surface area contributed by atoms with Crippen molar-refractivity contribution in [3.05, 3.63) is 64.8 Å². The Bertz CT molecular complexity index is 1060. The van der Waals surface area contributed by atoms with Crippen LogP contribution in [0.4, 0.5) is 0 Å². The van der Waals surface area contributed by atoms with Crippen molar-refractivity contribution in [2.75, 3.05) is 21.3 Å². The van der Waals surface area contributed by atoms with Crippen molar-refractivity contribution in [3.8, 4) is 11.5 Å². The number of pyridine rings is 1. The van der Waals surface area contributed by atoms with Gasteiger partial charge in [-0.3, -0.25) is 0 Å². The van der Waals surface area contributed by atoms with E-state index in [1.807, 2.05) is 37.3 Å². The number of benzene rings is 2. The normalized spacial score (nSPS) is 10.9. The average Bonchev–Trinajstić information content (AvgIpc) is 2.76. The lowest BCUT2D eigenvalue weighted by Crippen LogP contribution is -2.11. The summed E-state index contributed by atoms with van der Waals surface area (Å²) in [5.74, 6) is 0.767. The van der Waals surface area contributed by atoms with Gasteiger partial charge in [0.1, 0.15) is 0 Å². The number of hydrogen-bond donors (Lipinski definition) is 0. The molecule has 7 nitrogen and oxygen atoms in total. The van der Waals surface area contributed by atoms with Crippen LogP contribution in [0, 0.1) is 6.92 Å². The zero-order valence-corrected chi connectivity index (χ0v) is 16.8. The molecule has 0 aliphatic carbocycles. The van der Waals surface area contributed by atoms with E-state index in [4.69, 9.17) is 19.0 Å². The molecule has 0 spiro atoms. The molecule has 0 radical (unpaired) electrons. The number of esters is 1. The van der Waals surface area contributed by atoms with Crippen LogP contribution in [0.25, 0.3) is 10.9 Å². The largest absolute Gasteiger partial charge is 0.493 e. The number of methoxy groups -OCH3 is 3. The molecule has 0 saturated carbocycles. The number of carbonyl (C=O) groups excluding carboxylic acids is 1. The molecule has 1 heterocycles. The zero-order chi connectivity index (χ0) is 20.8. The maximum atomic E-state index is 12.3. The van der Waals surface area contributed by atoms with Crippen LogP contribution in [-0.2, 0) is 16.2 Å². The number of para-hydroxylation sites is 1. The summed E-state index contributed by atoms with van der Waals surface area (Å²) in [6.07, 6.45) is 1.55. The van der Waals surface area contributed by atoms with Gasteiger partial charge >= 0.3 is 5.97 Å². The highest BCUT2D eigenvalue weighted by molar-refractivity contribution is 5.98. The molecule has 0 bridgehead atoms. The van der Waals surface area contributed by atoms with E-state index in [0.717, 1.165) is 22.0 Å². The van der Waals surface area contributed by atoms with E-state index in [-0.39, 0.29) is 6.61 Å². The number of fused-ring (bicyclic) bond motifs is 1. The van der Waals surface area contributed by atoms with E-state index >= 15 is 0 Å². The Morgan fingerprint density at radius 2 is 1.83 bits per heavy atom. The fourth-order valence-corrected chi connectivity index (χ4v) is 3.05. The Kier molecular flexibility index (Phi) is 6.29. The summed E-state index contributed by atoms with van der Waals surface area (Å²) in [4.78, 5) is 22.3. The Morgan fingerprint density at radius 1 is 1.07 bits per heavy atom.